The fourth-order valence-corrected chi connectivity index (χ4v) is 5.22. The number of benzene rings is 1. The summed E-state index contributed by atoms with van der Waals surface area (Å²) in [6.45, 7) is 3.42. The smallest absolute Gasteiger partial charge is 0.244 e. The first-order chi connectivity index (χ1) is 10.9. The maximum atomic E-state index is 13.2. The number of sulfonamides is 1. The van der Waals surface area contributed by atoms with Crippen LogP contribution in [0.4, 0.5) is 0 Å². The van der Waals surface area contributed by atoms with E-state index < -0.39 is 10.0 Å². The van der Waals surface area contributed by atoms with Gasteiger partial charge in [0.15, 0.2) is 0 Å². The van der Waals surface area contributed by atoms with Crippen LogP contribution in [0.3, 0.4) is 0 Å². The van der Waals surface area contributed by atoms with Gasteiger partial charge in [-0.15, -0.1) is 0 Å². The minimum Gasteiger partial charge on any atom is -0.337 e. The minimum atomic E-state index is -3.60. The second-order valence-corrected chi connectivity index (χ2v) is 8.31. The van der Waals surface area contributed by atoms with Gasteiger partial charge in [0, 0.05) is 43.5 Å². The standard InChI is InChI=1S/C15H19BrN4O2S/c1-11-12(16)4-3-5-14(11)23(21,22)20-9-6-17-10-13(20)15-18-7-8-19(15)2/h3-5,7-8,13,17H,6,9-10H2,1-2H3. The summed E-state index contributed by atoms with van der Waals surface area (Å²) in [4.78, 5) is 4.69. The van der Waals surface area contributed by atoms with Crippen LogP contribution in [-0.2, 0) is 17.1 Å². The molecule has 2 aromatic rings. The predicted octanol–water partition coefficient (Wildman–Crippen LogP) is 1.83. The lowest BCUT2D eigenvalue weighted by Crippen LogP contribution is -2.49. The van der Waals surface area contributed by atoms with Gasteiger partial charge >= 0.3 is 0 Å². The highest BCUT2D eigenvalue weighted by Crippen LogP contribution is 2.31. The molecule has 1 aromatic carbocycles. The van der Waals surface area contributed by atoms with Crippen LogP contribution in [0.5, 0.6) is 0 Å². The molecule has 1 aromatic heterocycles. The Morgan fingerprint density at radius 1 is 1.39 bits per heavy atom. The number of nitrogens with one attached hydrogen (secondary N) is 1. The summed E-state index contributed by atoms with van der Waals surface area (Å²) < 4.78 is 30.7. The number of imidazole rings is 1. The van der Waals surface area contributed by atoms with Crippen LogP contribution >= 0.6 is 15.9 Å². The molecule has 8 heteroatoms. The second-order valence-electron chi connectivity index (χ2n) is 5.59. The highest BCUT2D eigenvalue weighted by atomic mass is 79.9. The molecule has 0 saturated carbocycles. The molecule has 2 heterocycles. The van der Waals surface area contributed by atoms with Gasteiger partial charge in [-0.2, -0.15) is 4.31 Å². The normalized spacial score (nSPS) is 19.9. The molecule has 0 bridgehead atoms. The number of rotatable bonds is 3. The summed E-state index contributed by atoms with van der Waals surface area (Å²) in [5.74, 6) is 0.744. The van der Waals surface area contributed by atoms with Crippen molar-refractivity contribution in [2.75, 3.05) is 19.6 Å². The molecule has 0 spiro atoms. The van der Waals surface area contributed by atoms with Gasteiger partial charge in [0.25, 0.3) is 0 Å². The first-order valence-electron chi connectivity index (χ1n) is 7.38. The molecule has 23 heavy (non-hydrogen) atoms. The number of aryl methyl sites for hydroxylation is 1. The fraction of sp³-hybridized carbons (Fsp3) is 0.400. The van der Waals surface area contributed by atoms with Crippen molar-refractivity contribution in [3.63, 3.8) is 0 Å². The van der Waals surface area contributed by atoms with E-state index in [1.165, 1.54) is 0 Å². The van der Waals surface area contributed by atoms with E-state index in [1.807, 2.05) is 30.8 Å². The Morgan fingerprint density at radius 2 is 2.17 bits per heavy atom. The van der Waals surface area contributed by atoms with Crippen molar-refractivity contribution < 1.29 is 8.42 Å². The van der Waals surface area contributed by atoms with E-state index in [1.54, 1.807) is 22.6 Å². The van der Waals surface area contributed by atoms with E-state index in [2.05, 4.69) is 26.2 Å². The molecule has 0 radical (unpaired) electrons. The molecule has 1 unspecified atom stereocenters. The maximum absolute atomic E-state index is 13.2. The van der Waals surface area contributed by atoms with Gasteiger partial charge < -0.3 is 9.88 Å². The van der Waals surface area contributed by atoms with Crippen LogP contribution in [0.15, 0.2) is 40.0 Å². The van der Waals surface area contributed by atoms with Gasteiger partial charge in [0.2, 0.25) is 10.0 Å². The van der Waals surface area contributed by atoms with Gasteiger partial charge in [-0.3, -0.25) is 0 Å². The Kier molecular flexibility index (Phi) is 4.59. The average Bonchev–Trinajstić information content (AvgIpc) is 2.96. The van der Waals surface area contributed by atoms with E-state index in [4.69, 9.17) is 0 Å². The SMILES string of the molecule is Cc1c(Br)cccc1S(=O)(=O)N1CCNCC1c1nccn1C. The average molecular weight is 399 g/mol. The summed E-state index contributed by atoms with van der Waals surface area (Å²) in [6, 6.07) is 4.95. The van der Waals surface area contributed by atoms with Gasteiger partial charge in [0.1, 0.15) is 5.82 Å². The first-order valence-corrected chi connectivity index (χ1v) is 9.61. The lowest BCUT2D eigenvalue weighted by atomic mass is 10.2. The Morgan fingerprint density at radius 3 is 2.87 bits per heavy atom. The van der Waals surface area contributed by atoms with Crippen LogP contribution < -0.4 is 5.32 Å². The third-order valence-corrected chi connectivity index (χ3v) is 7.07. The monoisotopic (exact) mass is 398 g/mol. The van der Waals surface area contributed by atoms with Crippen molar-refractivity contribution in [3.05, 3.63) is 46.5 Å². The van der Waals surface area contributed by atoms with Crippen molar-refractivity contribution >= 4 is 26.0 Å². The first kappa shape index (κ1) is 16.6. The molecular weight excluding hydrogens is 380 g/mol. The number of halogens is 1. The highest BCUT2D eigenvalue weighted by molar-refractivity contribution is 9.10. The highest BCUT2D eigenvalue weighted by Gasteiger charge is 2.37. The molecule has 1 saturated heterocycles. The molecule has 1 fully saturated rings. The number of hydrogen-bond acceptors (Lipinski definition) is 4. The summed E-state index contributed by atoms with van der Waals surface area (Å²) >= 11 is 3.42. The molecule has 0 aliphatic carbocycles. The lowest BCUT2D eigenvalue weighted by Gasteiger charge is -2.35. The van der Waals surface area contributed by atoms with Crippen molar-refractivity contribution in [3.8, 4) is 0 Å². The molecule has 124 valence electrons. The van der Waals surface area contributed by atoms with Gasteiger partial charge in [0.05, 0.1) is 10.9 Å². The number of piperazine rings is 1. The Bertz CT molecular complexity index is 819. The number of aromatic nitrogens is 2. The lowest BCUT2D eigenvalue weighted by molar-refractivity contribution is 0.258. The van der Waals surface area contributed by atoms with Crippen molar-refractivity contribution in [1.29, 1.82) is 0 Å². The summed E-state index contributed by atoms with van der Waals surface area (Å²) in [5.41, 5.74) is 0.727. The molecular formula is C15H19BrN4O2S. The zero-order valence-corrected chi connectivity index (χ0v) is 15.4. The predicted molar refractivity (Wildman–Crippen MR) is 91.6 cm³/mol. The van der Waals surface area contributed by atoms with Crippen LogP contribution in [0.1, 0.15) is 17.4 Å². The largest absolute Gasteiger partial charge is 0.337 e. The van der Waals surface area contributed by atoms with E-state index in [0.29, 0.717) is 24.5 Å². The minimum absolute atomic E-state index is 0.313. The van der Waals surface area contributed by atoms with Crippen molar-refractivity contribution in [2.45, 2.75) is 17.9 Å². The third kappa shape index (κ3) is 2.96. The maximum Gasteiger partial charge on any atom is 0.244 e. The third-order valence-electron chi connectivity index (χ3n) is 4.16. The molecule has 1 atom stereocenters. The number of hydrogen-bond donors (Lipinski definition) is 1. The van der Waals surface area contributed by atoms with E-state index >= 15 is 0 Å². The van der Waals surface area contributed by atoms with Crippen LogP contribution in [-0.4, -0.2) is 41.9 Å². The van der Waals surface area contributed by atoms with Crippen LogP contribution in [0.25, 0.3) is 0 Å². The van der Waals surface area contributed by atoms with Crippen LogP contribution in [0, 0.1) is 6.92 Å². The molecule has 0 amide bonds. The van der Waals surface area contributed by atoms with E-state index in [9.17, 15) is 8.42 Å². The van der Waals surface area contributed by atoms with E-state index in [0.717, 1.165) is 15.9 Å². The van der Waals surface area contributed by atoms with Crippen molar-refractivity contribution in [1.82, 2.24) is 19.2 Å². The van der Waals surface area contributed by atoms with Crippen molar-refractivity contribution in [2.24, 2.45) is 7.05 Å². The Labute approximate surface area is 144 Å². The molecule has 6 nitrogen and oxygen atoms in total. The molecule has 1 aliphatic rings. The summed E-state index contributed by atoms with van der Waals surface area (Å²) in [5, 5.41) is 3.26. The zero-order chi connectivity index (χ0) is 16.6. The Balaban J connectivity index is 2.06. The summed E-state index contributed by atoms with van der Waals surface area (Å²) in [6.07, 6.45) is 3.53. The van der Waals surface area contributed by atoms with Gasteiger partial charge in [-0.25, -0.2) is 13.4 Å². The fourth-order valence-electron chi connectivity index (χ4n) is 2.89. The second kappa shape index (κ2) is 6.35. The summed E-state index contributed by atoms with van der Waals surface area (Å²) in [7, 11) is -1.72. The molecule has 3 rings (SSSR count). The topological polar surface area (TPSA) is 67.2 Å². The van der Waals surface area contributed by atoms with Crippen LogP contribution in [0.2, 0.25) is 0 Å². The van der Waals surface area contributed by atoms with Gasteiger partial charge in [-0.05, 0) is 24.6 Å². The van der Waals surface area contributed by atoms with Gasteiger partial charge in [-0.1, -0.05) is 22.0 Å². The van der Waals surface area contributed by atoms with E-state index in [-0.39, 0.29) is 6.04 Å². The number of nitrogens with zero attached hydrogens (tertiary/aromatic N) is 3. The zero-order valence-electron chi connectivity index (χ0n) is 13.0. The quantitative estimate of drug-likeness (QED) is 0.855. The molecule has 1 aliphatic heterocycles. The molecule has 1 N–H and O–H groups in total. The Hall–Kier alpha value is -1.22.